The van der Waals surface area contributed by atoms with E-state index in [0.717, 1.165) is 24.8 Å². The molecule has 3 rings (SSSR count). The molecule has 0 aliphatic carbocycles. The normalized spacial score (nSPS) is 15.9. The number of carbonyl (C=O) groups is 1. The molecule has 1 aliphatic heterocycles. The molecule has 1 aliphatic rings. The van der Waals surface area contributed by atoms with Crippen LogP contribution in [0.25, 0.3) is 6.08 Å². The molecule has 1 amide bonds. The standard InChI is InChI=1S/C23H26BrNO4.C2H6/c1-2-28-15-13-17-8-3-4-10-19(17)23(27)25-14-6-5-9-18(25)16-29-21-12-7-11-20(26)22(21)24;1-2/h3-4,7-8,10-13,15,18,26H,2,5-6,9,14,16H2,1H3;1-2H3/b15-13+;. The summed E-state index contributed by atoms with van der Waals surface area (Å²) < 4.78 is 11.8. The second-order valence-electron chi connectivity index (χ2n) is 6.89. The second-order valence-corrected chi connectivity index (χ2v) is 7.69. The zero-order valence-corrected chi connectivity index (χ0v) is 20.1. The van der Waals surface area contributed by atoms with Crippen LogP contribution in [0.5, 0.6) is 11.5 Å². The van der Waals surface area contributed by atoms with Gasteiger partial charge in [0.05, 0.1) is 18.9 Å². The van der Waals surface area contributed by atoms with Crippen molar-refractivity contribution in [3.05, 3.63) is 64.3 Å². The summed E-state index contributed by atoms with van der Waals surface area (Å²) in [5.74, 6) is 0.710. The van der Waals surface area contributed by atoms with Gasteiger partial charge in [-0.05, 0) is 72.0 Å². The van der Waals surface area contributed by atoms with E-state index in [-0.39, 0.29) is 17.7 Å². The Balaban J connectivity index is 0.00000166. The van der Waals surface area contributed by atoms with E-state index in [0.29, 0.717) is 35.5 Å². The van der Waals surface area contributed by atoms with Gasteiger partial charge in [0.15, 0.2) is 0 Å². The van der Waals surface area contributed by atoms with Crippen molar-refractivity contribution >= 4 is 27.9 Å². The monoisotopic (exact) mass is 489 g/mol. The van der Waals surface area contributed by atoms with E-state index in [2.05, 4.69) is 15.9 Å². The van der Waals surface area contributed by atoms with E-state index in [9.17, 15) is 9.90 Å². The van der Waals surface area contributed by atoms with Gasteiger partial charge in [0.1, 0.15) is 22.6 Å². The lowest BCUT2D eigenvalue weighted by Gasteiger charge is -2.36. The fourth-order valence-electron chi connectivity index (χ4n) is 3.45. The topological polar surface area (TPSA) is 59.0 Å². The molecular formula is C25H32BrNO4. The Hall–Kier alpha value is -2.47. The fraction of sp³-hybridized carbons (Fsp3) is 0.400. The van der Waals surface area contributed by atoms with Gasteiger partial charge in [-0.3, -0.25) is 4.79 Å². The molecule has 1 atom stereocenters. The van der Waals surface area contributed by atoms with Crippen LogP contribution in [-0.4, -0.2) is 41.7 Å². The first kappa shape index (κ1) is 24.8. The quantitative estimate of drug-likeness (QED) is 0.466. The van der Waals surface area contributed by atoms with E-state index in [4.69, 9.17) is 9.47 Å². The number of aromatic hydroxyl groups is 1. The molecular weight excluding hydrogens is 458 g/mol. The summed E-state index contributed by atoms with van der Waals surface area (Å²) in [5.41, 5.74) is 1.50. The number of rotatable bonds is 7. The number of halogens is 1. The highest BCUT2D eigenvalue weighted by molar-refractivity contribution is 9.10. The lowest BCUT2D eigenvalue weighted by molar-refractivity contribution is 0.0527. The Morgan fingerprint density at radius 1 is 1.19 bits per heavy atom. The molecule has 1 N–H and O–H groups in total. The Morgan fingerprint density at radius 2 is 1.97 bits per heavy atom. The van der Waals surface area contributed by atoms with Gasteiger partial charge in [-0.25, -0.2) is 0 Å². The number of piperidine rings is 1. The summed E-state index contributed by atoms with van der Waals surface area (Å²) in [6.45, 7) is 7.59. The highest BCUT2D eigenvalue weighted by Crippen LogP contribution is 2.33. The third-order valence-electron chi connectivity index (χ3n) is 4.96. The van der Waals surface area contributed by atoms with Gasteiger partial charge in [0.2, 0.25) is 0 Å². The first-order chi connectivity index (χ1) is 15.1. The van der Waals surface area contributed by atoms with Crippen molar-refractivity contribution in [1.29, 1.82) is 0 Å². The number of phenols is 1. The molecule has 6 heteroatoms. The molecule has 1 heterocycles. The van der Waals surface area contributed by atoms with E-state index >= 15 is 0 Å². The van der Waals surface area contributed by atoms with Gasteiger partial charge in [-0.1, -0.05) is 38.1 Å². The second kappa shape index (κ2) is 13.1. The Kier molecular flexibility index (Phi) is 10.4. The molecule has 31 heavy (non-hydrogen) atoms. The maximum absolute atomic E-state index is 13.3. The maximum atomic E-state index is 13.3. The lowest BCUT2D eigenvalue weighted by Crippen LogP contribution is -2.46. The molecule has 0 saturated carbocycles. The molecule has 2 aromatic carbocycles. The van der Waals surface area contributed by atoms with Crippen LogP contribution in [-0.2, 0) is 4.74 Å². The highest BCUT2D eigenvalue weighted by atomic mass is 79.9. The molecule has 0 radical (unpaired) electrons. The third-order valence-corrected chi connectivity index (χ3v) is 5.76. The van der Waals surface area contributed by atoms with Crippen LogP contribution in [0.1, 0.15) is 56.0 Å². The lowest BCUT2D eigenvalue weighted by atomic mass is 9.99. The summed E-state index contributed by atoms with van der Waals surface area (Å²) in [6, 6.07) is 12.7. The zero-order valence-electron chi connectivity index (χ0n) is 18.5. The molecule has 1 unspecified atom stereocenters. The summed E-state index contributed by atoms with van der Waals surface area (Å²) in [7, 11) is 0. The minimum absolute atomic E-state index is 0.00465. The molecule has 0 bridgehead atoms. The number of hydrogen-bond acceptors (Lipinski definition) is 4. The largest absolute Gasteiger partial charge is 0.507 e. The summed E-state index contributed by atoms with van der Waals surface area (Å²) >= 11 is 3.35. The fourth-order valence-corrected chi connectivity index (χ4v) is 3.83. The molecule has 1 fully saturated rings. The van der Waals surface area contributed by atoms with Crippen LogP contribution < -0.4 is 4.74 Å². The number of nitrogens with zero attached hydrogens (tertiary/aromatic N) is 1. The Morgan fingerprint density at radius 3 is 2.74 bits per heavy atom. The van der Waals surface area contributed by atoms with Crippen molar-refractivity contribution in [2.24, 2.45) is 0 Å². The smallest absolute Gasteiger partial charge is 0.254 e. The predicted molar refractivity (Wildman–Crippen MR) is 128 cm³/mol. The van der Waals surface area contributed by atoms with Crippen molar-refractivity contribution in [2.45, 2.75) is 46.1 Å². The number of phenolic OH excluding ortho intramolecular Hbond substituents is 1. The first-order valence-electron chi connectivity index (χ1n) is 10.9. The molecule has 2 aromatic rings. The third kappa shape index (κ3) is 6.76. The van der Waals surface area contributed by atoms with Gasteiger partial charge < -0.3 is 19.5 Å². The molecule has 0 spiro atoms. The van der Waals surface area contributed by atoms with E-state index in [1.807, 2.05) is 56.0 Å². The maximum Gasteiger partial charge on any atom is 0.254 e. The van der Waals surface area contributed by atoms with Gasteiger partial charge in [-0.2, -0.15) is 0 Å². The molecule has 168 valence electrons. The van der Waals surface area contributed by atoms with Crippen LogP contribution in [0, 0.1) is 0 Å². The van der Waals surface area contributed by atoms with Crippen molar-refractivity contribution in [1.82, 2.24) is 4.90 Å². The predicted octanol–water partition coefficient (Wildman–Crippen LogP) is 6.26. The first-order valence-corrected chi connectivity index (χ1v) is 11.7. The van der Waals surface area contributed by atoms with Gasteiger partial charge in [0.25, 0.3) is 5.91 Å². The average Bonchev–Trinajstić information content (AvgIpc) is 2.81. The van der Waals surface area contributed by atoms with Gasteiger partial charge >= 0.3 is 0 Å². The Bertz CT molecular complexity index is 868. The van der Waals surface area contributed by atoms with E-state index in [1.165, 1.54) is 0 Å². The minimum atomic E-state index is -0.0190. The number of carbonyl (C=O) groups excluding carboxylic acids is 1. The molecule has 0 aromatic heterocycles. The summed E-state index contributed by atoms with van der Waals surface area (Å²) in [6.07, 6.45) is 6.39. The number of benzene rings is 2. The summed E-state index contributed by atoms with van der Waals surface area (Å²) in [5, 5.41) is 9.84. The minimum Gasteiger partial charge on any atom is -0.507 e. The van der Waals surface area contributed by atoms with Crippen molar-refractivity contribution < 1.29 is 19.4 Å². The number of amides is 1. The van der Waals surface area contributed by atoms with Crippen molar-refractivity contribution in [2.75, 3.05) is 19.8 Å². The van der Waals surface area contributed by atoms with Crippen LogP contribution >= 0.6 is 15.9 Å². The zero-order chi connectivity index (χ0) is 22.6. The summed E-state index contributed by atoms with van der Waals surface area (Å²) in [4.78, 5) is 15.3. The Labute approximate surface area is 193 Å². The average molecular weight is 490 g/mol. The highest BCUT2D eigenvalue weighted by Gasteiger charge is 2.29. The van der Waals surface area contributed by atoms with Crippen LogP contribution in [0.2, 0.25) is 0 Å². The van der Waals surface area contributed by atoms with Gasteiger partial charge in [0, 0.05) is 12.1 Å². The molecule has 1 saturated heterocycles. The number of ether oxygens (including phenoxy) is 2. The number of likely N-dealkylation sites (tertiary alicyclic amines) is 1. The van der Waals surface area contributed by atoms with E-state index in [1.54, 1.807) is 24.5 Å². The van der Waals surface area contributed by atoms with Crippen molar-refractivity contribution in [3.63, 3.8) is 0 Å². The number of hydrogen-bond donors (Lipinski definition) is 1. The SMILES string of the molecule is CC.CCO/C=C/c1ccccc1C(=O)N1CCCCC1COc1cccc(O)c1Br. The molecule has 5 nitrogen and oxygen atoms in total. The van der Waals surface area contributed by atoms with Crippen LogP contribution in [0.4, 0.5) is 0 Å². The van der Waals surface area contributed by atoms with Gasteiger partial charge in [-0.15, -0.1) is 0 Å². The van der Waals surface area contributed by atoms with Crippen LogP contribution in [0.3, 0.4) is 0 Å². The van der Waals surface area contributed by atoms with Crippen molar-refractivity contribution in [3.8, 4) is 11.5 Å². The van der Waals surface area contributed by atoms with E-state index < -0.39 is 0 Å². The van der Waals surface area contributed by atoms with Crippen LogP contribution in [0.15, 0.2) is 53.2 Å².